The fraction of sp³-hybridized carbons (Fsp3) is 0.636. The number of aryl methyl sites for hydroxylation is 1. The minimum atomic E-state index is 0.436. The molecule has 0 saturated heterocycles. The second kappa shape index (κ2) is 6.67. The Morgan fingerprint density at radius 3 is 3.00 bits per heavy atom. The fourth-order valence-electron chi connectivity index (χ4n) is 1.22. The van der Waals surface area contributed by atoms with Gasteiger partial charge in [0.1, 0.15) is 0 Å². The minimum absolute atomic E-state index is 0.436. The van der Waals surface area contributed by atoms with Crippen LogP contribution < -0.4 is 5.32 Å². The first-order chi connectivity index (χ1) is 7.22. The zero-order valence-electron chi connectivity index (χ0n) is 9.66. The van der Waals surface area contributed by atoms with Crippen LogP contribution in [0.25, 0.3) is 0 Å². The van der Waals surface area contributed by atoms with Crippen molar-refractivity contribution in [2.45, 2.75) is 33.2 Å². The number of anilines is 1. The van der Waals surface area contributed by atoms with Crippen molar-refractivity contribution in [2.24, 2.45) is 0 Å². The molecule has 1 atom stereocenters. The van der Waals surface area contributed by atoms with E-state index >= 15 is 0 Å². The Hall–Kier alpha value is -0.770. The average Bonchev–Trinajstić information content (AvgIpc) is 2.18. The Bertz CT molecular complexity index is 291. The second-order valence-corrected chi connectivity index (χ2v) is 4.95. The lowest BCUT2D eigenvalue weighted by molar-refractivity contribution is 0.758. The van der Waals surface area contributed by atoms with E-state index in [2.05, 4.69) is 29.1 Å². The zero-order valence-corrected chi connectivity index (χ0v) is 10.5. The van der Waals surface area contributed by atoms with Gasteiger partial charge < -0.3 is 5.32 Å². The number of rotatable bonds is 6. The van der Waals surface area contributed by atoms with Gasteiger partial charge in [-0.3, -0.25) is 0 Å². The van der Waals surface area contributed by atoms with Crippen molar-refractivity contribution in [2.75, 3.05) is 16.8 Å². The molecule has 0 bridgehead atoms. The Kier molecular flexibility index (Phi) is 5.47. The van der Waals surface area contributed by atoms with Gasteiger partial charge in [0.2, 0.25) is 5.95 Å². The smallest absolute Gasteiger partial charge is 0.223 e. The summed E-state index contributed by atoms with van der Waals surface area (Å²) in [6.07, 6.45) is 2.94. The summed E-state index contributed by atoms with van der Waals surface area (Å²) in [7, 11) is 0. The molecule has 4 heteroatoms. The number of thioether (sulfide) groups is 1. The van der Waals surface area contributed by atoms with Gasteiger partial charge in [0, 0.05) is 17.9 Å². The molecular formula is C11H19N3S. The maximum absolute atomic E-state index is 4.31. The van der Waals surface area contributed by atoms with Gasteiger partial charge in [-0.05, 0) is 37.8 Å². The normalized spacial score (nSPS) is 12.5. The zero-order chi connectivity index (χ0) is 11.1. The largest absolute Gasteiger partial charge is 0.352 e. The van der Waals surface area contributed by atoms with E-state index < -0.39 is 0 Å². The van der Waals surface area contributed by atoms with Gasteiger partial charge in [0.25, 0.3) is 0 Å². The number of nitrogens with zero attached hydrogens (tertiary/aromatic N) is 2. The molecule has 1 aromatic heterocycles. The first-order valence-corrected chi connectivity index (χ1v) is 6.51. The fourth-order valence-corrected chi connectivity index (χ4v) is 2.02. The third-order valence-electron chi connectivity index (χ3n) is 2.07. The molecule has 1 unspecified atom stereocenters. The number of hydrogen-bond donors (Lipinski definition) is 1. The third kappa shape index (κ3) is 5.02. The molecule has 0 spiro atoms. The molecule has 1 heterocycles. The van der Waals surface area contributed by atoms with E-state index in [0.717, 1.165) is 18.1 Å². The number of nitrogens with one attached hydrogen (secondary N) is 1. The molecule has 0 amide bonds. The molecule has 1 aromatic rings. The third-order valence-corrected chi connectivity index (χ3v) is 3.00. The van der Waals surface area contributed by atoms with E-state index in [0.29, 0.717) is 6.04 Å². The summed E-state index contributed by atoms with van der Waals surface area (Å²) in [4.78, 5) is 8.49. The molecule has 0 fully saturated rings. The Balaban J connectivity index is 2.34. The highest BCUT2D eigenvalue weighted by Crippen LogP contribution is 2.07. The Morgan fingerprint density at radius 1 is 1.53 bits per heavy atom. The Morgan fingerprint density at radius 2 is 2.33 bits per heavy atom. The van der Waals surface area contributed by atoms with Crippen molar-refractivity contribution in [3.63, 3.8) is 0 Å². The molecule has 0 aliphatic rings. The molecule has 0 radical (unpaired) electrons. The van der Waals surface area contributed by atoms with Gasteiger partial charge >= 0.3 is 0 Å². The summed E-state index contributed by atoms with van der Waals surface area (Å²) in [5.74, 6) is 3.12. The lowest BCUT2D eigenvalue weighted by Gasteiger charge is -2.13. The van der Waals surface area contributed by atoms with Gasteiger partial charge in [-0.15, -0.1) is 0 Å². The second-order valence-electron chi connectivity index (χ2n) is 3.55. The predicted molar refractivity (Wildman–Crippen MR) is 67.5 cm³/mol. The van der Waals surface area contributed by atoms with Gasteiger partial charge in [0.05, 0.1) is 0 Å². The van der Waals surface area contributed by atoms with Crippen LogP contribution in [0, 0.1) is 6.92 Å². The van der Waals surface area contributed by atoms with Gasteiger partial charge in [-0.2, -0.15) is 11.8 Å². The molecule has 0 aliphatic heterocycles. The van der Waals surface area contributed by atoms with Crippen molar-refractivity contribution in [3.8, 4) is 0 Å². The van der Waals surface area contributed by atoms with Crippen LogP contribution in [0.1, 0.15) is 26.0 Å². The molecular weight excluding hydrogens is 206 g/mol. The summed E-state index contributed by atoms with van der Waals surface area (Å²) < 4.78 is 0. The van der Waals surface area contributed by atoms with Crippen LogP contribution in [0.2, 0.25) is 0 Å². The van der Waals surface area contributed by atoms with Crippen molar-refractivity contribution in [1.82, 2.24) is 9.97 Å². The number of hydrogen-bond acceptors (Lipinski definition) is 4. The topological polar surface area (TPSA) is 37.8 Å². The molecule has 0 saturated carbocycles. The maximum atomic E-state index is 4.31. The first kappa shape index (κ1) is 12.3. The maximum Gasteiger partial charge on any atom is 0.223 e. The van der Waals surface area contributed by atoms with Gasteiger partial charge in [0.15, 0.2) is 0 Å². The van der Waals surface area contributed by atoms with E-state index in [-0.39, 0.29) is 0 Å². The molecule has 0 aliphatic carbocycles. The molecule has 1 N–H and O–H groups in total. The van der Waals surface area contributed by atoms with E-state index in [1.54, 1.807) is 6.20 Å². The molecule has 3 nitrogen and oxygen atoms in total. The standard InChI is InChI=1S/C11H19N3S/c1-4-15-8-6-10(3)14-11-12-7-5-9(2)13-11/h5,7,10H,4,6,8H2,1-3H3,(H,12,13,14). The van der Waals surface area contributed by atoms with Crippen LogP contribution in [-0.2, 0) is 0 Å². The molecule has 1 rings (SSSR count). The summed E-state index contributed by atoms with van der Waals surface area (Å²) >= 11 is 1.97. The van der Waals surface area contributed by atoms with E-state index in [4.69, 9.17) is 0 Å². The van der Waals surface area contributed by atoms with Gasteiger partial charge in [-0.1, -0.05) is 6.92 Å². The molecule has 15 heavy (non-hydrogen) atoms. The van der Waals surface area contributed by atoms with Crippen LogP contribution in [0.15, 0.2) is 12.3 Å². The summed E-state index contributed by atoms with van der Waals surface area (Å²) in [6, 6.07) is 2.34. The summed E-state index contributed by atoms with van der Waals surface area (Å²) in [6.45, 7) is 6.33. The van der Waals surface area contributed by atoms with Crippen molar-refractivity contribution in [3.05, 3.63) is 18.0 Å². The lowest BCUT2D eigenvalue weighted by Crippen LogP contribution is -2.18. The monoisotopic (exact) mass is 225 g/mol. The lowest BCUT2D eigenvalue weighted by atomic mass is 10.3. The number of aromatic nitrogens is 2. The van der Waals surface area contributed by atoms with Crippen molar-refractivity contribution >= 4 is 17.7 Å². The highest BCUT2D eigenvalue weighted by Gasteiger charge is 2.03. The minimum Gasteiger partial charge on any atom is -0.352 e. The Labute approximate surface area is 96.1 Å². The summed E-state index contributed by atoms with van der Waals surface area (Å²) in [5.41, 5.74) is 1.00. The molecule has 84 valence electrons. The van der Waals surface area contributed by atoms with Crippen LogP contribution >= 0.6 is 11.8 Å². The van der Waals surface area contributed by atoms with Crippen LogP contribution in [0.4, 0.5) is 5.95 Å². The van der Waals surface area contributed by atoms with E-state index in [1.165, 1.54) is 11.5 Å². The van der Waals surface area contributed by atoms with Crippen LogP contribution in [-0.4, -0.2) is 27.5 Å². The SMILES string of the molecule is CCSCCC(C)Nc1nccc(C)n1. The van der Waals surface area contributed by atoms with Crippen LogP contribution in [0.3, 0.4) is 0 Å². The van der Waals surface area contributed by atoms with E-state index in [9.17, 15) is 0 Å². The first-order valence-electron chi connectivity index (χ1n) is 5.36. The molecule has 0 aromatic carbocycles. The van der Waals surface area contributed by atoms with Crippen molar-refractivity contribution in [1.29, 1.82) is 0 Å². The van der Waals surface area contributed by atoms with Crippen LogP contribution in [0.5, 0.6) is 0 Å². The average molecular weight is 225 g/mol. The van der Waals surface area contributed by atoms with Crippen molar-refractivity contribution < 1.29 is 0 Å². The predicted octanol–water partition coefficient (Wildman–Crippen LogP) is 2.73. The quantitative estimate of drug-likeness (QED) is 0.755. The van der Waals surface area contributed by atoms with E-state index in [1.807, 2.05) is 24.8 Å². The van der Waals surface area contributed by atoms with Gasteiger partial charge in [-0.25, -0.2) is 9.97 Å². The highest BCUT2D eigenvalue weighted by molar-refractivity contribution is 7.99. The highest BCUT2D eigenvalue weighted by atomic mass is 32.2. The summed E-state index contributed by atoms with van der Waals surface area (Å²) in [5, 5.41) is 3.31.